The SMILES string of the molecule is CCC(C)[C@H](NC(=O)C(=O)c1ccccc1)C(=O)N[C@]1(C(=O)O)CCc2[nH]c3c(C(F)(F)F)cccc3c2C1. The lowest BCUT2D eigenvalue weighted by Crippen LogP contribution is -2.63. The van der Waals surface area contributed by atoms with Crippen LogP contribution in [0.5, 0.6) is 0 Å². The Morgan fingerprint density at radius 1 is 1.08 bits per heavy atom. The number of nitrogens with one attached hydrogen (secondary N) is 3. The topological polar surface area (TPSA) is 128 Å². The number of Topliss-reactive ketones (excluding diaryl/α,β-unsaturated/α-hetero) is 1. The molecule has 0 bridgehead atoms. The fraction of sp³-hybridized carbons (Fsp3) is 0.357. The number of alkyl halides is 3. The maximum absolute atomic E-state index is 13.6. The Bertz CT molecular complexity index is 1430. The first-order valence-electron chi connectivity index (χ1n) is 12.5. The molecule has 0 saturated carbocycles. The number of rotatable bonds is 8. The molecule has 0 saturated heterocycles. The zero-order valence-corrected chi connectivity index (χ0v) is 21.3. The monoisotopic (exact) mass is 543 g/mol. The van der Waals surface area contributed by atoms with Crippen molar-refractivity contribution in [1.82, 2.24) is 15.6 Å². The second-order valence-corrected chi connectivity index (χ2v) is 9.89. The molecule has 4 N–H and O–H groups in total. The van der Waals surface area contributed by atoms with Gasteiger partial charge in [-0.15, -0.1) is 0 Å². The average Bonchev–Trinajstić information content (AvgIpc) is 3.28. The van der Waals surface area contributed by atoms with E-state index in [1.807, 2.05) is 0 Å². The van der Waals surface area contributed by atoms with Gasteiger partial charge in [0.1, 0.15) is 11.6 Å². The fourth-order valence-electron chi connectivity index (χ4n) is 4.99. The van der Waals surface area contributed by atoms with Gasteiger partial charge in [-0.2, -0.15) is 13.2 Å². The number of hydrogen-bond donors (Lipinski definition) is 4. The number of aryl methyl sites for hydroxylation is 1. The van der Waals surface area contributed by atoms with E-state index in [0.29, 0.717) is 17.7 Å². The van der Waals surface area contributed by atoms with Crippen LogP contribution in [0.25, 0.3) is 10.9 Å². The Hall–Kier alpha value is -4.15. The average molecular weight is 544 g/mol. The Kier molecular flexibility index (Phi) is 7.54. The third-order valence-corrected chi connectivity index (χ3v) is 7.41. The molecule has 1 heterocycles. The predicted molar refractivity (Wildman–Crippen MR) is 136 cm³/mol. The highest BCUT2D eigenvalue weighted by atomic mass is 19.4. The summed E-state index contributed by atoms with van der Waals surface area (Å²) in [7, 11) is 0. The number of carboxylic acid groups (broad SMARTS) is 1. The molecule has 0 aliphatic heterocycles. The zero-order chi connectivity index (χ0) is 28.5. The van der Waals surface area contributed by atoms with Gasteiger partial charge >= 0.3 is 12.1 Å². The van der Waals surface area contributed by atoms with Crippen LogP contribution in [0.15, 0.2) is 48.5 Å². The molecular formula is C28H28F3N3O5. The van der Waals surface area contributed by atoms with Crippen molar-refractivity contribution in [2.24, 2.45) is 5.92 Å². The molecule has 1 unspecified atom stereocenters. The van der Waals surface area contributed by atoms with Crippen LogP contribution in [0.2, 0.25) is 0 Å². The Labute approximate surface area is 222 Å². The minimum Gasteiger partial charge on any atom is -0.479 e. The molecule has 2 aromatic carbocycles. The number of halogens is 3. The van der Waals surface area contributed by atoms with Gasteiger partial charge < -0.3 is 20.7 Å². The number of benzene rings is 2. The summed E-state index contributed by atoms with van der Waals surface area (Å²) in [5, 5.41) is 15.5. The second-order valence-electron chi connectivity index (χ2n) is 9.89. The molecular weight excluding hydrogens is 515 g/mol. The van der Waals surface area contributed by atoms with E-state index in [0.717, 1.165) is 6.07 Å². The highest BCUT2D eigenvalue weighted by Gasteiger charge is 2.46. The van der Waals surface area contributed by atoms with Crippen LogP contribution in [-0.2, 0) is 33.4 Å². The number of carboxylic acids is 1. The first-order chi connectivity index (χ1) is 18.4. The van der Waals surface area contributed by atoms with Crippen LogP contribution in [-0.4, -0.2) is 45.2 Å². The third kappa shape index (κ3) is 5.39. The molecule has 206 valence electrons. The van der Waals surface area contributed by atoms with Crippen molar-refractivity contribution in [3.8, 4) is 0 Å². The van der Waals surface area contributed by atoms with Crippen molar-refractivity contribution in [3.63, 3.8) is 0 Å². The third-order valence-electron chi connectivity index (χ3n) is 7.41. The summed E-state index contributed by atoms with van der Waals surface area (Å²) in [6.45, 7) is 3.46. The Balaban J connectivity index is 1.62. The highest BCUT2D eigenvalue weighted by molar-refractivity contribution is 6.43. The number of aliphatic carboxylic acids is 1. The highest BCUT2D eigenvalue weighted by Crippen LogP contribution is 2.40. The number of fused-ring (bicyclic) bond motifs is 3. The van der Waals surface area contributed by atoms with Gasteiger partial charge in [0, 0.05) is 23.1 Å². The van der Waals surface area contributed by atoms with E-state index in [9.17, 15) is 37.5 Å². The lowest BCUT2D eigenvalue weighted by Gasteiger charge is -2.36. The van der Waals surface area contributed by atoms with Crippen LogP contribution in [0.1, 0.15) is 53.9 Å². The molecule has 0 fully saturated rings. The maximum atomic E-state index is 13.6. The number of carbonyl (C=O) groups is 4. The standard InChI is InChI=1S/C28H28F3N3O5/c1-3-15(2)21(33-25(37)23(35)16-8-5-4-6-9-16)24(36)34-27(26(38)39)13-12-20-18(14-27)17-10-7-11-19(22(17)32-20)28(29,30)31/h4-11,15,21,32H,3,12-14H2,1-2H3,(H,33,37)(H,34,36)(H,38,39)/t15?,21-,27+/m0/s1. The van der Waals surface area contributed by atoms with Crippen LogP contribution < -0.4 is 10.6 Å². The quantitative estimate of drug-likeness (QED) is 0.252. The lowest BCUT2D eigenvalue weighted by atomic mass is 9.79. The number of amides is 2. The minimum atomic E-state index is -4.61. The predicted octanol–water partition coefficient (Wildman–Crippen LogP) is 4.03. The minimum absolute atomic E-state index is 0.0840. The molecule has 8 nitrogen and oxygen atoms in total. The van der Waals surface area contributed by atoms with Crippen molar-refractivity contribution in [1.29, 1.82) is 0 Å². The van der Waals surface area contributed by atoms with E-state index in [2.05, 4.69) is 15.6 Å². The largest absolute Gasteiger partial charge is 0.479 e. The number of hydrogen-bond acceptors (Lipinski definition) is 4. The van der Waals surface area contributed by atoms with E-state index in [4.69, 9.17) is 0 Å². The van der Waals surface area contributed by atoms with Gasteiger partial charge in [0.15, 0.2) is 0 Å². The number of para-hydroxylation sites is 1. The van der Waals surface area contributed by atoms with E-state index in [1.165, 1.54) is 24.3 Å². The van der Waals surface area contributed by atoms with Crippen molar-refractivity contribution in [2.45, 2.75) is 57.3 Å². The first kappa shape index (κ1) is 27.9. The van der Waals surface area contributed by atoms with Gasteiger partial charge in [-0.25, -0.2) is 4.79 Å². The van der Waals surface area contributed by atoms with Gasteiger partial charge in [0.05, 0.1) is 11.1 Å². The molecule has 11 heteroatoms. The van der Waals surface area contributed by atoms with Crippen LogP contribution in [0, 0.1) is 5.92 Å². The maximum Gasteiger partial charge on any atom is 0.418 e. The number of H-pyrrole nitrogens is 1. The van der Waals surface area contributed by atoms with Gasteiger partial charge in [-0.1, -0.05) is 62.7 Å². The number of aromatic nitrogens is 1. The van der Waals surface area contributed by atoms with E-state index in [-0.39, 0.29) is 35.7 Å². The van der Waals surface area contributed by atoms with Crippen molar-refractivity contribution >= 4 is 34.5 Å². The second kappa shape index (κ2) is 10.5. The molecule has 0 spiro atoms. The normalized spacial score (nSPS) is 18.6. The summed E-state index contributed by atoms with van der Waals surface area (Å²) in [4.78, 5) is 54.1. The Morgan fingerprint density at radius 3 is 2.38 bits per heavy atom. The number of ketones is 1. The molecule has 0 radical (unpaired) electrons. The van der Waals surface area contributed by atoms with Gasteiger partial charge in [-0.05, 0) is 30.4 Å². The van der Waals surface area contributed by atoms with Crippen LogP contribution >= 0.6 is 0 Å². The van der Waals surface area contributed by atoms with Crippen molar-refractivity contribution in [2.75, 3.05) is 0 Å². The fourth-order valence-corrected chi connectivity index (χ4v) is 4.99. The van der Waals surface area contributed by atoms with E-state index < -0.39 is 52.8 Å². The molecule has 1 aromatic heterocycles. The van der Waals surface area contributed by atoms with E-state index in [1.54, 1.807) is 32.0 Å². The first-order valence-corrected chi connectivity index (χ1v) is 12.5. The van der Waals surface area contributed by atoms with Crippen LogP contribution in [0.3, 0.4) is 0 Å². The smallest absolute Gasteiger partial charge is 0.418 e. The van der Waals surface area contributed by atoms with Crippen LogP contribution in [0.4, 0.5) is 13.2 Å². The summed E-state index contributed by atoms with van der Waals surface area (Å²) >= 11 is 0. The lowest BCUT2D eigenvalue weighted by molar-refractivity contribution is -0.149. The summed E-state index contributed by atoms with van der Waals surface area (Å²) in [5.74, 6) is -4.44. The Morgan fingerprint density at radius 2 is 1.77 bits per heavy atom. The van der Waals surface area contributed by atoms with Gasteiger partial charge in [0.2, 0.25) is 11.7 Å². The molecule has 3 atom stereocenters. The summed E-state index contributed by atoms with van der Waals surface area (Å²) < 4.78 is 40.7. The molecule has 1 aliphatic rings. The molecule has 3 aromatic rings. The summed E-state index contributed by atoms with van der Waals surface area (Å²) in [5.41, 5.74) is -1.82. The molecule has 1 aliphatic carbocycles. The number of carbonyl (C=O) groups excluding carboxylic acids is 3. The summed E-state index contributed by atoms with van der Waals surface area (Å²) in [6, 6.07) is 10.3. The molecule has 4 rings (SSSR count). The summed E-state index contributed by atoms with van der Waals surface area (Å²) in [6.07, 6.45) is -4.43. The van der Waals surface area contributed by atoms with Crippen molar-refractivity contribution < 1.29 is 37.5 Å². The van der Waals surface area contributed by atoms with Gasteiger partial charge in [-0.3, -0.25) is 14.4 Å². The number of aromatic amines is 1. The molecule has 39 heavy (non-hydrogen) atoms. The van der Waals surface area contributed by atoms with Gasteiger partial charge in [0.25, 0.3) is 5.91 Å². The van der Waals surface area contributed by atoms with E-state index >= 15 is 0 Å². The zero-order valence-electron chi connectivity index (χ0n) is 21.3. The van der Waals surface area contributed by atoms with Crippen molar-refractivity contribution in [3.05, 3.63) is 70.9 Å². The molecule has 2 amide bonds.